The molecule has 25 heavy (non-hydrogen) atoms. The van der Waals surface area contributed by atoms with Crippen LogP contribution in [0.1, 0.15) is 27.4 Å². The van der Waals surface area contributed by atoms with Gasteiger partial charge in [-0.25, -0.2) is 4.79 Å². The molecule has 0 amide bonds. The zero-order valence-electron chi connectivity index (χ0n) is 13.2. The number of fused-ring (bicyclic) bond motifs is 3. The first-order valence-electron chi connectivity index (χ1n) is 7.88. The van der Waals surface area contributed by atoms with Crippen molar-refractivity contribution in [2.75, 3.05) is 0 Å². The van der Waals surface area contributed by atoms with E-state index >= 15 is 0 Å². The lowest BCUT2D eigenvalue weighted by Gasteiger charge is -2.13. The number of hydrogen-bond acceptors (Lipinski definition) is 3. The number of carbonyl (C=O) groups excluding carboxylic acids is 1. The molecule has 0 aliphatic heterocycles. The van der Waals surface area contributed by atoms with E-state index < -0.39 is 11.9 Å². The third-order valence-corrected chi connectivity index (χ3v) is 4.39. The van der Waals surface area contributed by atoms with E-state index in [9.17, 15) is 9.59 Å². The van der Waals surface area contributed by atoms with Crippen LogP contribution in [0.5, 0.6) is 5.75 Å². The molecule has 1 aliphatic carbocycles. The molecular formula is C21H14O4. The van der Waals surface area contributed by atoms with Crippen molar-refractivity contribution in [1.29, 1.82) is 0 Å². The number of ether oxygens (including phenoxy) is 1. The van der Waals surface area contributed by atoms with Crippen LogP contribution >= 0.6 is 0 Å². The van der Waals surface area contributed by atoms with Gasteiger partial charge in [0, 0.05) is 0 Å². The van der Waals surface area contributed by atoms with Gasteiger partial charge in [0.1, 0.15) is 11.7 Å². The molecule has 0 aromatic heterocycles. The van der Waals surface area contributed by atoms with Crippen molar-refractivity contribution in [3.8, 4) is 16.9 Å². The molecule has 0 unspecified atom stereocenters. The number of hydrogen-bond donors (Lipinski definition) is 1. The van der Waals surface area contributed by atoms with Crippen LogP contribution in [0.3, 0.4) is 0 Å². The van der Waals surface area contributed by atoms with Gasteiger partial charge >= 0.3 is 11.9 Å². The Morgan fingerprint density at radius 2 is 1.28 bits per heavy atom. The highest BCUT2D eigenvalue weighted by Gasteiger charge is 2.34. The van der Waals surface area contributed by atoms with E-state index in [1.807, 2.05) is 48.5 Å². The van der Waals surface area contributed by atoms with Gasteiger partial charge in [-0.3, -0.25) is 4.79 Å². The van der Waals surface area contributed by atoms with Crippen LogP contribution in [0.4, 0.5) is 0 Å². The van der Waals surface area contributed by atoms with Crippen molar-refractivity contribution in [2.24, 2.45) is 0 Å². The first kappa shape index (κ1) is 15.1. The smallest absolute Gasteiger partial charge is 0.335 e. The van der Waals surface area contributed by atoms with Gasteiger partial charge in [0.25, 0.3) is 0 Å². The van der Waals surface area contributed by atoms with Crippen LogP contribution in [0.2, 0.25) is 0 Å². The molecule has 0 heterocycles. The summed E-state index contributed by atoms with van der Waals surface area (Å²) in [4.78, 5) is 23.7. The Hall–Kier alpha value is -3.40. The number of rotatable bonds is 3. The molecule has 122 valence electrons. The monoisotopic (exact) mass is 330 g/mol. The second-order valence-corrected chi connectivity index (χ2v) is 5.86. The number of carboxylic acid groups (broad SMARTS) is 1. The topological polar surface area (TPSA) is 63.6 Å². The zero-order valence-corrected chi connectivity index (χ0v) is 13.2. The lowest BCUT2D eigenvalue weighted by molar-refractivity contribution is -0.135. The molecule has 4 rings (SSSR count). The molecule has 0 saturated carbocycles. The minimum absolute atomic E-state index is 0.149. The van der Waals surface area contributed by atoms with Crippen LogP contribution in [-0.4, -0.2) is 17.0 Å². The maximum absolute atomic E-state index is 12.8. The van der Waals surface area contributed by atoms with E-state index in [0.717, 1.165) is 22.3 Å². The molecule has 0 saturated heterocycles. The fourth-order valence-corrected chi connectivity index (χ4v) is 3.25. The van der Waals surface area contributed by atoms with Gasteiger partial charge in [-0.05, 0) is 46.5 Å². The predicted molar refractivity (Wildman–Crippen MR) is 92.8 cm³/mol. The first-order valence-corrected chi connectivity index (χ1v) is 7.88. The third-order valence-electron chi connectivity index (χ3n) is 4.39. The number of carbonyl (C=O) groups is 2. The Morgan fingerprint density at radius 1 is 0.760 bits per heavy atom. The molecule has 0 atom stereocenters. The van der Waals surface area contributed by atoms with Gasteiger partial charge in [-0.1, -0.05) is 48.5 Å². The standard InChI is InChI=1S/C21H14O4/c22-20(23)13-9-11-14(12-10-13)25-21(24)19-17-7-3-1-5-15(17)16-6-2-4-8-18(16)19/h1-12,19H,(H,22,23). The summed E-state index contributed by atoms with van der Waals surface area (Å²) < 4.78 is 5.51. The molecule has 0 radical (unpaired) electrons. The normalized spacial score (nSPS) is 12.3. The highest BCUT2D eigenvalue weighted by atomic mass is 16.5. The van der Waals surface area contributed by atoms with Crippen molar-refractivity contribution in [2.45, 2.75) is 5.92 Å². The minimum atomic E-state index is -1.02. The summed E-state index contributed by atoms with van der Waals surface area (Å²) in [6.07, 6.45) is 0. The Labute approximate surface area is 144 Å². The van der Waals surface area contributed by atoms with E-state index in [1.165, 1.54) is 24.3 Å². The molecule has 3 aromatic carbocycles. The second-order valence-electron chi connectivity index (χ2n) is 5.86. The molecular weight excluding hydrogens is 316 g/mol. The molecule has 4 heteroatoms. The van der Waals surface area contributed by atoms with E-state index in [2.05, 4.69) is 0 Å². The van der Waals surface area contributed by atoms with E-state index in [0.29, 0.717) is 5.75 Å². The van der Waals surface area contributed by atoms with Gasteiger partial charge < -0.3 is 9.84 Å². The first-order chi connectivity index (χ1) is 12.1. The molecule has 4 nitrogen and oxygen atoms in total. The van der Waals surface area contributed by atoms with Gasteiger partial charge in [0.05, 0.1) is 5.56 Å². The maximum atomic E-state index is 12.8. The van der Waals surface area contributed by atoms with Crippen molar-refractivity contribution in [3.05, 3.63) is 89.5 Å². The average molecular weight is 330 g/mol. The Kier molecular flexibility index (Phi) is 3.58. The van der Waals surface area contributed by atoms with Crippen LogP contribution in [0.25, 0.3) is 11.1 Å². The highest BCUT2D eigenvalue weighted by Crippen LogP contribution is 2.45. The van der Waals surface area contributed by atoms with Crippen molar-refractivity contribution in [3.63, 3.8) is 0 Å². The maximum Gasteiger partial charge on any atom is 0.335 e. The lowest BCUT2D eigenvalue weighted by Crippen LogP contribution is -2.18. The van der Waals surface area contributed by atoms with Crippen LogP contribution in [-0.2, 0) is 4.79 Å². The van der Waals surface area contributed by atoms with Gasteiger partial charge in [-0.2, -0.15) is 0 Å². The number of aromatic carboxylic acids is 1. The molecule has 1 aliphatic rings. The third kappa shape index (κ3) is 2.58. The van der Waals surface area contributed by atoms with Crippen LogP contribution in [0, 0.1) is 0 Å². The van der Waals surface area contributed by atoms with Crippen molar-refractivity contribution >= 4 is 11.9 Å². The molecule has 0 fully saturated rings. The Balaban J connectivity index is 1.67. The summed E-state index contributed by atoms with van der Waals surface area (Å²) in [5.41, 5.74) is 4.09. The van der Waals surface area contributed by atoms with E-state index in [4.69, 9.17) is 9.84 Å². The number of benzene rings is 3. The summed E-state index contributed by atoms with van der Waals surface area (Å²) in [6.45, 7) is 0. The average Bonchev–Trinajstić information content (AvgIpc) is 2.97. The van der Waals surface area contributed by atoms with E-state index in [1.54, 1.807) is 0 Å². The summed E-state index contributed by atoms with van der Waals surface area (Å²) in [5.74, 6) is -1.54. The van der Waals surface area contributed by atoms with Gasteiger partial charge in [0.15, 0.2) is 0 Å². The summed E-state index contributed by atoms with van der Waals surface area (Å²) in [6, 6.07) is 21.4. The van der Waals surface area contributed by atoms with Crippen LogP contribution in [0.15, 0.2) is 72.8 Å². The van der Waals surface area contributed by atoms with Crippen molar-refractivity contribution < 1.29 is 19.4 Å². The molecule has 3 aromatic rings. The second kappa shape index (κ2) is 5.91. The minimum Gasteiger partial charge on any atom is -0.478 e. The fourth-order valence-electron chi connectivity index (χ4n) is 3.25. The van der Waals surface area contributed by atoms with Crippen LogP contribution < -0.4 is 4.74 Å². The molecule has 1 N–H and O–H groups in total. The Morgan fingerprint density at radius 3 is 1.80 bits per heavy atom. The zero-order chi connectivity index (χ0) is 17.4. The SMILES string of the molecule is O=C(O)c1ccc(OC(=O)C2c3ccccc3-c3ccccc32)cc1. The number of esters is 1. The van der Waals surface area contributed by atoms with Crippen molar-refractivity contribution in [1.82, 2.24) is 0 Å². The summed E-state index contributed by atoms with van der Waals surface area (Å²) >= 11 is 0. The van der Waals surface area contributed by atoms with E-state index in [-0.39, 0.29) is 11.5 Å². The fraction of sp³-hybridized carbons (Fsp3) is 0.0476. The largest absolute Gasteiger partial charge is 0.478 e. The summed E-state index contributed by atoms with van der Waals surface area (Å²) in [7, 11) is 0. The lowest BCUT2D eigenvalue weighted by atomic mass is 9.97. The Bertz CT molecular complexity index is 928. The predicted octanol–water partition coefficient (Wildman–Crippen LogP) is 4.10. The van der Waals surface area contributed by atoms with Gasteiger partial charge in [0.2, 0.25) is 0 Å². The number of carboxylic acids is 1. The van der Waals surface area contributed by atoms with Gasteiger partial charge in [-0.15, -0.1) is 0 Å². The summed E-state index contributed by atoms with van der Waals surface area (Å²) in [5, 5.41) is 8.94. The molecule has 0 spiro atoms. The quantitative estimate of drug-likeness (QED) is 0.580. The highest BCUT2D eigenvalue weighted by molar-refractivity contribution is 5.94. The molecule has 0 bridgehead atoms.